The smallest absolute Gasteiger partial charge is 0.0906 e. The summed E-state index contributed by atoms with van der Waals surface area (Å²) in [5, 5.41) is 3.43. The Morgan fingerprint density at radius 1 is 0.537 bits per heavy atom. The van der Waals surface area contributed by atoms with Crippen molar-refractivity contribution in [1.82, 2.24) is 19.9 Å². The van der Waals surface area contributed by atoms with E-state index in [4.69, 9.17) is 17.2 Å². The summed E-state index contributed by atoms with van der Waals surface area (Å²) < 4.78 is 1.02. The predicted molar refractivity (Wildman–Crippen MR) is 177 cm³/mol. The lowest BCUT2D eigenvalue weighted by molar-refractivity contribution is 0.653. The number of unbranched alkanes of at least 4 members (excludes halogenated alkanes) is 6. The van der Waals surface area contributed by atoms with Crippen LogP contribution in [0.2, 0.25) is 0 Å². The highest BCUT2D eigenvalue weighted by Crippen LogP contribution is 2.18. The fourth-order valence-electron chi connectivity index (χ4n) is 3.75. The molecule has 0 aromatic carbocycles. The molecule has 4 aromatic heterocycles. The molecule has 0 aliphatic heterocycles. The highest BCUT2D eigenvalue weighted by Gasteiger charge is 2.01. The van der Waals surface area contributed by atoms with Crippen molar-refractivity contribution in [3.63, 3.8) is 0 Å². The minimum absolute atomic E-state index is 0. The fourth-order valence-corrected chi connectivity index (χ4v) is 4.09. The third kappa shape index (κ3) is 15.4. The van der Waals surface area contributed by atoms with Gasteiger partial charge in [0, 0.05) is 42.9 Å². The number of halogens is 1. The Morgan fingerprint density at radius 2 is 1.02 bits per heavy atom. The van der Waals surface area contributed by atoms with E-state index < -0.39 is 0 Å². The van der Waals surface area contributed by atoms with Crippen LogP contribution in [-0.2, 0) is 0 Å². The number of hydrogen-bond donors (Lipinski definition) is 4. The van der Waals surface area contributed by atoms with Gasteiger partial charge in [-0.05, 0) is 93.8 Å². The van der Waals surface area contributed by atoms with Crippen LogP contribution < -0.4 is 22.5 Å². The summed E-state index contributed by atoms with van der Waals surface area (Å²) in [5.41, 5.74) is 20.7. The first-order valence-corrected chi connectivity index (χ1v) is 15.2. The van der Waals surface area contributed by atoms with Gasteiger partial charge in [-0.2, -0.15) is 0 Å². The number of aromatic nitrogens is 4. The normalized spacial score (nSPS) is 10.1. The van der Waals surface area contributed by atoms with Crippen LogP contribution in [0.25, 0.3) is 22.8 Å². The van der Waals surface area contributed by atoms with Gasteiger partial charge >= 0.3 is 0 Å². The van der Waals surface area contributed by atoms with Crippen molar-refractivity contribution in [3.8, 4) is 22.8 Å². The zero-order valence-corrected chi connectivity index (χ0v) is 25.6. The Kier molecular flexibility index (Phi) is 18.6. The Morgan fingerprint density at radius 3 is 1.51 bits per heavy atom. The fraction of sp³-hybridized carbons (Fsp3) is 0.375. The molecule has 222 valence electrons. The zero-order valence-electron chi connectivity index (χ0n) is 24.0. The highest BCUT2D eigenvalue weighted by molar-refractivity contribution is 9.10. The lowest BCUT2D eigenvalue weighted by Crippen LogP contribution is -2.03. The van der Waals surface area contributed by atoms with E-state index in [2.05, 4.69) is 41.2 Å². The summed E-state index contributed by atoms with van der Waals surface area (Å²) in [4.78, 5) is 17.1. The van der Waals surface area contributed by atoms with Crippen LogP contribution in [0, 0.1) is 0 Å². The van der Waals surface area contributed by atoms with E-state index in [1.807, 2.05) is 66.9 Å². The van der Waals surface area contributed by atoms with Gasteiger partial charge in [0.2, 0.25) is 0 Å². The first-order chi connectivity index (χ1) is 20.2. The highest BCUT2D eigenvalue weighted by atomic mass is 79.9. The lowest BCUT2D eigenvalue weighted by atomic mass is 10.2. The summed E-state index contributed by atoms with van der Waals surface area (Å²) in [5.74, 6) is 0. The predicted octanol–water partition coefficient (Wildman–Crippen LogP) is 6.69. The van der Waals surface area contributed by atoms with Crippen LogP contribution in [0.3, 0.4) is 0 Å². The molecule has 7 N–H and O–H groups in total. The molecule has 8 nitrogen and oxygen atoms in total. The van der Waals surface area contributed by atoms with E-state index in [0.717, 1.165) is 78.4 Å². The van der Waals surface area contributed by atoms with Gasteiger partial charge in [-0.25, -0.2) is 0 Å². The molecule has 9 heteroatoms. The molecule has 41 heavy (non-hydrogen) atoms. The van der Waals surface area contributed by atoms with E-state index in [9.17, 15) is 0 Å². The van der Waals surface area contributed by atoms with Crippen molar-refractivity contribution in [2.75, 3.05) is 31.5 Å². The van der Waals surface area contributed by atoms with E-state index >= 15 is 0 Å². The molecule has 0 amide bonds. The van der Waals surface area contributed by atoms with Crippen molar-refractivity contribution >= 4 is 21.6 Å². The van der Waals surface area contributed by atoms with Gasteiger partial charge in [0.1, 0.15) is 0 Å². The van der Waals surface area contributed by atoms with Crippen LogP contribution in [0.1, 0.15) is 52.8 Å². The second-order valence-corrected chi connectivity index (χ2v) is 10.3. The molecule has 0 aliphatic carbocycles. The van der Waals surface area contributed by atoms with E-state index in [0.29, 0.717) is 0 Å². The molecule has 0 atom stereocenters. The molecule has 0 bridgehead atoms. The van der Waals surface area contributed by atoms with E-state index in [1.165, 1.54) is 32.1 Å². The van der Waals surface area contributed by atoms with Gasteiger partial charge in [-0.3, -0.25) is 19.9 Å². The standard InChI is InChI=1S/C16H22N4.C10H7BrN2.C6H16N2.H2/c17-9-4-1-2-5-10-18-14-8-12-20-16(13-14)15-7-3-6-11-19-15;11-8-4-6-13-10(7-8)9-3-1-2-5-12-9;7-5-3-1-2-4-6-8;/h3,6-8,11-13H,1-2,4-5,9-10,17H2,(H,18,20);1-7H;1-8H2;1H. The summed E-state index contributed by atoms with van der Waals surface area (Å²) in [6, 6.07) is 19.5. The van der Waals surface area contributed by atoms with E-state index in [-0.39, 0.29) is 1.43 Å². The summed E-state index contributed by atoms with van der Waals surface area (Å²) in [7, 11) is 0. The molecule has 0 saturated heterocycles. The third-order valence-electron chi connectivity index (χ3n) is 5.95. The van der Waals surface area contributed by atoms with Gasteiger partial charge in [0.25, 0.3) is 0 Å². The van der Waals surface area contributed by atoms with Gasteiger partial charge < -0.3 is 22.5 Å². The number of anilines is 1. The molecule has 4 aromatic rings. The zero-order chi connectivity index (χ0) is 29.4. The number of pyridine rings is 4. The topological polar surface area (TPSA) is 142 Å². The number of nitrogens with one attached hydrogen (secondary N) is 1. The monoisotopic (exact) mass is 622 g/mol. The Bertz CT molecular complexity index is 1180. The maximum absolute atomic E-state index is 5.48. The molecule has 0 radical (unpaired) electrons. The van der Waals surface area contributed by atoms with Crippen LogP contribution in [0.15, 0.2) is 89.9 Å². The van der Waals surface area contributed by atoms with Crippen molar-refractivity contribution in [1.29, 1.82) is 0 Å². The quantitative estimate of drug-likeness (QED) is 0.114. The van der Waals surface area contributed by atoms with Crippen LogP contribution in [0.4, 0.5) is 5.69 Å². The van der Waals surface area contributed by atoms with Crippen LogP contribution >= 0.6 is 15.9 Å². The third-order valence-corrected chi connectivity index (χ3v) is 6.45. The molecule has 0 saturated carbocycles. The molecular formula is C32H47BrN8. The van der Waals surface area contributed by atoms with Crippen LogP contribution in [-0.4, -0.2) is 46.1 Å². The summed E-state index contributed by atoms with van der Waals surface area (Å²) >= 11 is 3.39. The van der Waals surface area contributed by atoms with E-state index in [1.54, 1.807) is 18.6 Å². The number of rotatable bonds is 14. The van der Waals surface area contributed by atoms with Crippen LogP contribution in [0.5, 0.6) is 0 Å². The minimum Gasteiger partial charge on any atom is -0.385 e. The van der Waals surface area contributed by atoms with Crippen molar-refractivity contribution in [3.05, 3.63) is 89.9 Å². The second kappa shape index (κ2) is 22.4. The van der Waals surface area contributed by atoms with Crippen molar-refractivity contribution in [2.24, 2.45) is 17.2 Å². The largest absolute Gasteiger partial charge is 0.385 e. The number of nitrogens with zero attached hydrogens (tertiary/aromatic N) is 4. The maximum Gasteiger partial charge on any atom is 0.0906 e. The molecule has 0 aliphatic rings. The molecular weight excluding hydrogens is 576 g/mol. The second-order valence-electron chi connectivity index (χ2n) is 9.34. The number of hydrogen-bond acceptors (Lipinski definition) is 8. The molecule has 0 unspecified atom stereocenters. The number of nitrogens with two attached hydrogens (primary N) is 3. The minimum atomic E-state index is 0. The SMILES string of the molecule is Brc1ccnc(-c2ccccn2)c1.NCCCCCCN.NCCCCCCNc1ccnc(-c2ccccn2)c1.[HH]. The Labute approximate surface area is 255 Å². The summed E-state index contributed by atoms with van der Waals surface area (Å²) in [6.45, 7) is 3.43. The first kappa shape index (κ1) is 34.0. The lowest BCUT2D eigenvalue weighted by Gasteiger charge is -2.07. The van der Waals surface area contributed by atoms with Gasteiger partial charge in [-0.1, -0.05) is 53.7 Å². The van der Waals surface area contributed by atoms with Gasteiger partial charge in [0.05, 0.1) is 22.8 Å². The average Bonchev–Trinajstić information content (AvgIpc) is 3.03. The van der Waals surface area contributed by atoms with Crippen molar-refractivity contribution in [2.45, 2.75) is 51.4 Å². The van der Waals surface area contributed by atoms with Gasteiger partial charge in [0.15, 0.2) is 0 Å². The van der Waals surface area contributed by atoms with Gasteiger partial charge in [-0.15, -0.1) is 0 Å². The molecule has 4 rings (SSSR count). The molecule has 0 fully saturated rings. The van der Waals surface area contributed by atoms with Crippen molar-refractivity contribution < 1.29 is 1.43 Å². The Balaban J connectivity index is 0.000000345. The average molecular weight is 624 g/mol. The maximum atomic E-state index is 5.48. The Hall–Kier alpha value is -3.24. The molecule has 0 spiro atoms. The summed E-state index contributed by atoms with van der Waals surface area (Å²) in [6.07, 6.45) is 16.7. The first-order valence-electron chi connectivity index (χ1n) is 14.4. The molecule has 4 heterocycles.